The van der Waals surface area contributed by atoms with E-state index in [0.29, 0.717) is 29.8 Å². The van der Waals surface area contributed by atoms with Crippen molar-refractivity contribution in [3.8, 4) is 22.8 Å². The first kappa shape index (κ1) is 20.2. The molecule has 0 saturated carbocycles. The Hall–Kier alpha value is -3.55. The summed E-state index contributed by atoms with van der Waals surface area (Å²) in [5, 5.41) is 12.0. The molecule has 0 aliphatic rings. The Morgan fingerprint density at radius 2 is 1.69 bits per heavy atom. The molecule has 29 heavy (non-hydrogen) atoms. The molecule has 1 amide bonds. The molecule has 0 radical (unpaired) electrons. The standard InChI is InChI=1S/C21H17F3N2O3/c22-21(23,24)29-18-8-3-15(4-9-18)19-10-5-16(13-26-19)20(28)25-12-11-14-1-6-17(27)7-2-14/h1-10,13,27H,11-12H2,(H,25,28). The minimum Gasteiger partial charge on any atom is -0.508 e. The summed E-state index contributed by atoms with van der Waals surface area (Å²) in [6.45, 7) is 0.423. The maximum atomic E-state index is 12.2. The van der Waals surface area contributed by atoms with E-state index >= 15 is 0 Å². The van der Waals surface area contributed by atoms with Gasteiger partial charge in [0, 0.05) is 18.3 Å². The monoisotopic (exact) mass is 402 g/mol. The normalized spacial score (nSPS) is 11.1. The van der Waals surface area contributed by atoms with Crippen LogP contribution in [0, 0.1) is 0 Å². The number of nitrogens with zero attached hydrogens (tertiary/aromatic N) is 1. The van der Waals surface area contributed by atoms with Crippen LogP contribution >= 0.6 is 0 Å². The van der Waals surface area contributed by atoms with Crippen molar-refractivity contribution in [2.24, 2.45) is 0 Å². The number of phenolic OH excluding ortho intramolecular Hbond substituents is 1. The molecule has 3 rings (SSSR count). The fourth-order valence-electron chi connectivity index (χ4n) is 2.61. The first-order chi connectivity index (χ1) is 13.8. The zero-order chi connectivity index (χ0) is 20.9. The lowest BCUT2D eigenvalue weighted by Crippen LogP contribution is -2.25. The topological polar surface area (TPSA) is 71.5 Å². The number of benzene rings is 2. The highest BCUT2D eigenvalue weighted by Crippen LogP contribution is 2.25. The van der Waals surface area contributed by atoms with E-state index in [2.05, 4.69) is 15.0 Å². The Bertz CT molecular complexity index is 954. The van der Waals surface area contributed by atoms with Crippen molar-refractivity contribution < 1.29 is 27.8 Å². The maximum absolute atomic E-state index is 12.2. The van der Waals surface area contributed by atoms with E-state index in [0.717, 1.165) is 5.56 Å². The van der Waals surface area contributed by atoms with Gasteiger partial charge in [-0.05, 0) is 60.5 Å². The van der Waals surface area contributed by atoms with E-state index < -0.39 is 6.36 Å². The van der Waals surface area contributed by atoms with E-state index in [1.54, 1.807) is 36.4 Å². The largest absolute Gasteiger partial charge is 0.573 e. The third-order valence-electron chi connectivity index (χ3n) is 4.04. The third-order valence-corrected chi connectivity index (χ3v) is 4.04. The van der Waals surface area contributed by atoms with Crippen molar-refractivity contribution in [2.45, 2.75) is 12.8 Å². The molecule has 0 unspecified atom stereocenters. The number of ether oxygens (including phenoxy) is 1. The molecular formula is C21H17F3N2O3. The van der Waals surface area contributed by atoms with Gasteiger partial charge >= 0.3 is 6.36 Å². The number of aromatic nitrogens is 1. The van der Waals surface area contributed by atoms with Crippen LogP contribution in [0.3, 0.4) is 0 Å². The number of rotatable bonds is 6. The summed E-state index contributed by atoms with van der Waals surface area (Å²) in [5.41, 5.74) is 2.47. The van der Waals surface area contributed by atoms with Crippen molar-refractivity contribution in [1.82, 2.24) is 10.3 Å². The smallest absolute Gasteiger partial charge is 0.508 e. The zero-order valence-corrected chi connectivity index (χ0v) is 15.1. The Balaban J connectivity index is 1.56. The van der Waals surface area contributed by atoms with Crippen LogP contribution in [-0.2, 0) is 6.42 Å². The number of pyridine rings is 1. The number of amides is 1. The molecule has 0 saturated heterocycles. The molecule has 8 heteroatoms. The molecule has 2 N–H and O–H groups in total. The number of carbonyl (C=O) groups excluding carboxylic acids is 1. The van der Waals surface area contributed by atoms with Crippen LogP contribution in [0.5, 0.6) is 11.5 Å². The minimum absolute atomic E-state index is 0.187. The summed E-state index contributed by atoms with van der Waals surface area (Å²) in [6.07, 6.45) is -2.72. The van der Waals surface area contributed by atoms with Gasteiger partial charge in [-0.15, -0.1) is 13.2 Å². The molecule has 150 valence electrons. The second-order valence-corrected chi connectivity index (χ2v) is 6.18. The average molecular weight is 402 g/mol. The summed E-state index contributed by atoms with van der Waals surface area (Å²) in [4.78, 5) is 16.4. The van der Waals surface area contributed by atoms with E-state index in [1.165, 1.54) is 30.5 Å². The highest BCUT2D eigenvalue weighted by molar-refractivity contribution is 5.94. The van der Waals surface area contributed by atoms with E-state index in [-0.39, 0.29) is 17.4 Å². The number of hydrogen-bond acceptors (Lipinski definition) is 4. The molecule has 0 spiro atoms. The van der Waals surface area contributed by atoms with Crippen LogP contribution in [-0.4, -0.2) is 28.9 Å². The van der Waals surface area contributed by atoms with Crippen LogP contribution in [0.4, 0.5) is 13.2 Å². The summed E-state index contributed by atoms with van der Waals surface area (Å²) < 4.78 is 40.4. The van der Waals surface area contributed by atoms with Crippen molar-refractivity contribution in [2.75, 3.05) is 6.54 Å². The number of carbonyl (C=O) groups is 1. The zero-order valence-electron chi connectivity index (χ0n) is 15.1. The van der Waals surface area contributed by atoms with Gasteiger partial charge in [-0.25, -0.2) is 0 Å². The van der Waals surface area contributed by atoms with Gasteiger partial charge in [0.25, 0.3) is 5.91 Å². The fourth-order valence-corrected chi connectivity index (χ4v) is 2.61. The van der Waals surface area contributed by atoms with Crippen molar-refractivity contribution in [1.29, 1.82) is 0 Å². The maximum Gasteiger partial charge on any atom is 0.573 e. The Morgan fingerprint density at radius 3 is 2.28 bits per heavy atom. The summed E-state index contributed by atoms with van der Waals surface area (Å²) in [5.74, 6) is -0.408. The van der Waals surface area contributed by atoms with Crippen LogP contribution < -0.4 is 10.1 Å². The number of nitrogens with one attached hydrogen (secondary N) is 1. The van der Waals surface area contributed by atoms with Crippen molar-refractivity contribution in [3.63, 3.8) is 0 Å². The molecule has 0 fully saturated rings. The molecule has 0 atom stereocenters. The van der Waals surface area contributed by atoms with E-state index in [4.69, 9.17) is 0 Å². The molecule has 0 bridgehead atoms. The summed E-state index contributed by atoms with van der Waals surface area (Å²) in [6, 6.07) is 15.3. The Labute approximate surface area is 164 Å². The predicted octanol–water partition coefficient (Wildman–Crippen LogP) is 4.33. The van der Waals surface area contributed by atoms with Gasteiger partial charge in [0.15, 0.2) is 0 Å². The number of phenols is 1. The molecule has 2 aromatic carbocycles. The molecular weight excluding hydrogens is 385 g/mol. The van der Waals surface area contributed by atoms with Crippen LogP contribution in [0.2, 0.25) is 0 Å². The highest BCUT2D eigenvalue weighted by atomic mass is 19.4. The second-order valence-electron chi connectivity index (χ2n) is 6.18. The Kier molecular flexibility index (Phi) is 6.01. The SMILES string of the molecule is O=C(NCCc1ccc(O)cc1)c1ccc(-c2ccc(OC(F)(F)F)cc2)nc1. The average Bonchev–Trinajstić information content (AvgIpc) is 2.69. The lowest BCUT2D eigenvalue weighted by Gasteiger charge is -2.09. The first-order valence-electron chi connectivity index (χ1n) is 8.68. The lowest BCUT2D eigenvalue weighted by molar-refractivity contribution is -0.274. The van der Waals surface area contributed by atoms with Crippen LogP contribution in [0.1, 0.15) is 15.9 Å². The molecule has 5 nitrogen and oxygen atoms in total. The van der Waals surface area contributed by atoms with Gasteiger partial charge in [-0.2, -0.15) is 0 Å². The molecule has 0 aliphatic carbocycles. The van der Waals surface area contributed by atoms with Gasteiger partial charge in [-0.3, -0.25) is 9.78 Å². The molecule has 3 aromatic rings. The van der Waals surface area contributed by atoms with Gasteiger partial charge < -0.3 is 15.2 Å². The molecule has 0 aliphatic heterocycles. The first-order valence-corrected chi connectivity index (χ1v) is 8.68. The third kappa shape index (κ3) is 5.97. The second kappa shape index (κ2) is 8.64. The number of alkyl halides is 3. The number of hydrogen-bond donors (Lipinski definition) is 2. The summed E-state index contributed by atoms with van der Waals surface area (Å²) >= 11 is 0. The van der Waals surface area contributed by atoms with Gasteiger partial charge in [0.2, 0.25) is 0 Å². The number of halogens is 3. The lowest BCUT2D eigenvalue weighted by atomic mass is 10.1. The Morgan fingerprint density at radius 1 is 1.00 bits per heavy atom. The van der Waals surface area contributed by atoms with Crippen LogP contribution in [0.25, 0.3) is 11.3 Å². The van der Waals surface area contributed by atoms with Gasteiger partial charge in [-0.1, -0.05) is 12.1 Å². The number of aromatic hydroxyl groups is 1. The quantitative estimate of drug-likeness (QED) is 0.644. The van der Waals surface area contributed by atoms with Crippen LogP contribution in [0.15, 0.2) is 66.9 Å². The van der Waals surface area contributed by atoms with E-state index in [1.807, 2.05) is 0 Å². The van der Waals surface area contributed by atoms with Crippen molar-refractivity contribution >= 4 is 5.91 Å². The molecule has 1 heterocycles. The molecule has 1 aromatic heterocycles. The highest BCUT2D eigenvalue weighted by Gasteiger charge is 2.30. The van der Waals surface area contributed by atoms with Crippen molar-refractivity contribution in [3.05, 3.63) is 78.0 Å². The minimum atomic E-state index is -4.74. The van der Waals surface area contributed by atoms with Gasteiger partial charge in [0.05, 0.1) is 11.3 Å². The van der Waals surface area contributed by atoms with Gasteiger partial charge in [0.1, 0.15) is 11.5 Å². The van der Waals surface area contributed by atoms with E-state index in [9.17, 15) is 23.1 Å². The fraction of sp³-hybridized carbons (Fsp3) is 0.143. The summed E-state index contributed by atoms with van der Waals surface area (Å²) in [7, 11) is 0. The predicted molar refractivity (Wildman–Crippen MR) is 101 cm³/mol.